The first-order valence-electron chi connectivity index (χ1n) is 8.38. The Balaban J connectivity index is 1.92. The van der Waals surface area contributed by atoms with Gasteiger partial charge in [0.1, 0.15) is 0 Å². The highest BCUT2D eigenvalue weighted by Gasteiger charge is 2.34. The Bertz CT molecular complexity index is 1120. The number of ether oxygens (including phenoxy) is 1. The molecule has 6 nitrogen and oxygen atoms in total. The average Bonchev–Trinajstić information content (AvgIpc) is 3.04. The van der Waals surface area contributed by atoms with Gasteiger partial charge in [0.25, 0.3) is 0 Å². The van der Waals surface area contributed by atoms with Gasteiger partial charge in [-0.1, -0.05) is 12.1 Å². The topological polar surface area (TPSA) is 89.5 Å². The van der Waals surface area contributed by atoms with Crippen LogP contribution in [0.5, 0.6) is 0 Å². The number of hydrogen-bond acceptors (Lipinski definition) is 5. The van der Waals surface area contributed by atoms with Crippen LogP contribution in [0, 0.1) is 18.6 Å². The Morgan fingerprint density at radius 2 is 1.75 bits per heavy atom. The fourth-order valence-electron chi connectivity index (χ4n) is 3.09. The van der Waals surface area contributed by atoms with Gasteiger partial charge in [-0.05, 0) is 48.7 Å². The van der Waals surface area contributed by atoms with Crippen molar-refractivity contribution in [2.45, 2.75) is 35.3 Å². The summed E-state index contributed by atoms with van der Waals surface area (Å²) in [5.41, 5.74) is 0.689. The summed E-state index contributed by atoms with van der Waals surface area (Å²) in [6.07, 6.45) is 0.530. The lowest BCUT2D eigenvalue weighted by Crippen LogP contribution is -2.37. The summed E-state index contributed by atoms with van der Waals surface area (Å²) in [6, 6.07) is 6.42. The third kappa shape index (κ3) is 4.24. The summed E-state index contributed by atoms with van der Waals surface area (Å²) in [4.78, 5) is -0.273. The smallest absolute Gasteiger partial charge is 0.241 e. The summed E-state index contributed by atoms with van der Waals surface area (Å²) in [5.74, 6) is -2.06. The SMILES string of the molecule is Cc1ccc(S(C)(=O)=O)cc1S(=O)(=O)N[C@@H]1CCO[C@H]1c1ccc(F)c(F)c1. The van der Waals surface area contributed by atoms with Gasteiger partial charge < -0.3 is 4.74 Å². The van der Waals surface area contributed by atoms with E-state index < -0.39 is 43.6 Å². The van der Waals surface area contributed by atoms with Crippen molar-refractivity contribution in [1.82, 2.24) is 4.72 Å². The van der Waals surface area contributed by atoms with E-state index in [0.29, 0.717) is 17.5 Å². The molecule has 1 N–H and O–H groups in total. The molecule has 0 radical (unpaired) electrons. The Labute approximate surface area is 162 Å². The number of nitrogens with one attached hydrogen (secondary N) is 1. The molecule has 3 rings (SSSR count). The van der Waals surface area contributed by atoms with E-state index in [-0.39, 0.29) is 16.4 Å². The van der Waals surface area contributed by atoms with Gasteiger partial charge in [-0.2, -0.15) is 0 Å². The maximum atomic E-state index is 13.5. The quantitative estimate of drug-likeness (QED) is 0.786. The lowest BCUT2D eigenvalue weighted by Gasteiger charge is -2.21. The number of sulfone groups is 1. The molecule has 0 bridgehead atoms. The summed E-state index contributed by atoms with van der Waals surface area (Å²) in [6.45, 7) is 1.79. The highest BCUT2D eigenvalue weighted by atomic mass is 32.2. The molecule has 2 atom stereocenters. The standard InChI is InChI=1S/C18H19F2NO5S2/c1-11-3-5-13(27(2,22)23)10-17(11)28(24,25)21-16-7-8-26-18(16)12-4-6-14(19)15(20)9-12/h3-6,9-10,16,18,21H,7-8H2,1-2H3/t16-,18+/m1/s1. The lowest BCUT2D eigenvalue weighted by molar-refractivity contribution is 0.102. The van der Waals surface area contributed by atoms with E-state index in [9.17, 15) is 25.6 Å². The van der Waals surface area contributed by atoms with Gasteiger partial charge in [0, 0.05) is 12.9 Å². The number of rotatable bonds is 5. The molecule has 1 aliphatic heterocycles. The first-order valence-corrected chi connectivity index (χ1v) is 11.8. The van der Waals surface area contributed by atoms with Gasteiger partial charge in [0.05, 0.1) is 21.9 Å². The molecule has 0 amide bonds. The molecule has 0 aliphatic carbocycles. The van der Waals surface area contributed by atoms with E-state index in [0.717, 1.165) is 24.5 Å². The molecule has 1 aliphatic rings. The predicted octanol–water partition coefficient (Wildman–Crippen LogP) is 2.49. The van der Waals surface area contributed by atoms with Gasteiger partial charge in [0.15, 0.2) is 21.5 Å². The second-order valence-electron chi connectivity index (χ2n) is 6.68. The molecule has 0 unspecified atom stereocenters. The molecular weight excluding hydrogens is 412 g/mol. The molecule has 2 aromatic rings. The molecule has 0 aromatic heterocycles. The second-order valence-corrected chi connectivity index (χ2v) is 10.4. The van der Waals surface area contributed by atoms with E-state index in [1.54, 1.807) is 6.92 Å². The lowest BCUT2D eigenvalue weighted by atomic mass is 10.0. The molecule has 0 spiro atoms. The Morgan fingerprint density at radius 3 is 2.39 bits per heavy atom. The van der Waals surface area contributed by atoms with E-state index >= 15 is 0 Å². The van der Waals surface area contributed by atoms with Crippen molar-refractivity contribution in [2.24, 2.45) is 0 Å². The Morgan fingerprint density at radius 1 is 1.04 bits per heavy atom. The zero-order valence-electron chi connectivity index (χ0n) is 15.1. The largest absolute Gasteiger partial charge is 0.372 e. The van der Waals surface area contributed by atoms with Crippen molar-refractivity contribution < 1.29 is 30.4 Å². The van der Waals surface area contributed by atoms with Crippen molar-refractivity contribution in [3.05, 3.63) is 59.2 Å². The Hall–Kier alpha value is -1.88. The highest BCUT2D eigenvalue weighted by Crippen LogP contribution is 2.31. The van der Waals surface area contributed by atoms with Crippen molar-refractivity contribution in [2.75, 3.05) is 12.9 Å². The summed E-state index contributed by atoms with van der Waals surface area (Å²) in [5, 5.41) is 0. The van der Waals surface area contributed by atoms with Crippen molar-refractivity contribution >= 4 is 19.9 Å². The summed E-state index contributed by atoms with van der Waals surface area (Å²) in [7, 11) is -7.66. The number of halogens is 2. The van der Waals surface area contributed by atoms with Gasteiger partial charge >= 0.3 is 0 Å². The van der Waals surface area contributed by atoms with Crippen LogP contribution in [0.4, 0.5) is 8.78 Å². The van der Waals surface area contributed by atoms with Crippen LogP contribution in [0.3, 0.4) is 0 Å². The second kappa shape index (κ2) is 7.51. The zero-order chi connectivity index (χ0) is 20.7. The number of hydrogen-bond donors (Lipinski definition) is 1. The fraction of sp³-hybridized carbons (Fsp3) is 0.333. The van der Waals surface area contributed by atoms with Crippen LogP contribution >= 0.6 is 0 Å². The zero-order valence-corrected chi connectivity index (χ0v) is 16.8. The van der Waals surface area contributed by atoms with Crippen LogP contribution in [-0.4, -0.2) is 35.7 Å². The van der Waals surface area contributed by atoms with Crippen molar-refractivity contribution in [1.29, 1.82) is 0 Å². The maximum Gasteiger partial charge on any atom is 0.241 e. The monoisotopic (exact) mass is 431 g/mol. The molecule has 2 aromatic carbocycles. The first kappa shape index (κ1) is 20.8. The molecule has 1 fully saturated rings. The van der Waals surface area contributed by atoms with E-state index in [1.165, 1.54) is 18.2 Å². The molecule has 28 heavy (non-hydrogen) atoms. The van der Waals surface area contributed by atoms with Crippen LogP contribution in [0.2, 0.25) is 0 Å². The summed E-state index contributed by atoms with van der Waals surface area (Å²) >= 11 is 0. The number of sulfonamides is 1. The molecule has 1 heterocycles. The normalized spacial score (nSPS) is 20.4. The van der Waals surface area contributed by atoms with Crippen molar-refractivity contribution in [3.8, 4) is 0 Å². The minimum absolute atomic E-state index is 0.113. The van der Waals surface area contributed by atoms with Gasteiger partial charge in [-0.25, -0.2) is 30.3 Å². The Kier molecular flexibility index (Phi) is 5.59. The van der Waals surface area contributed by atoms with E-state index in [4.69, 9.17) is 4.74 Å². The number of benzene rings is 2. The third-order valence-corrected chi connectivity index (χ3v) is 7.29. The molecule has 152 valence electrons. The van der Waals surface area contributed by atoms with Crippen LogP contribution in [0.1, 0.15) is 23.7 Å². The van der Waals surface area contributed by atoms with Gasteiger partial charge in [-0.15, -0.1) is 0 Å². The van der Waals surface area contributed by atoms with Crippen molar-refractivity contribution in [3.63, 3.8) is 0 Å². The minimum atomic E-state index is -4.08. The third-order valence-electron chi connectivity index (χ3n) is 4.55. The van der Waals surface area contributed by atoms with Gasteiger partial charge in [0.2, 0.25) is 10.0 Å². The fourth-order valence-corrected chi connectivity index (χ4v) is 5.35. The van der Waals surface area contributed by atoms with Crippen LogP contribution in [0.25, 0.3) is 0 Å². The molecular formula is C18H19F2NO5S2. The minimum Gasteiger partial charge on any atom is -0.372 e. The van der Waals surface area contributed by atoms with Crippen LogP contribution in [-0.2, 0) is 24.6 Å². The molecule has 0 saturated carbocycles. The number of aryl methyl sites for hydroxylation is 1. The van der Waals surface area contributed by atoms with Crippen LogP contribution < -0.4 is 4.72 Å². The average molecular weight is 431 g/mol. The maximum absolute atomic E-state index is 13.5. The van der Waals surface area contributed by atoms with Gasteiger partial charge in [-0.3, -0.25) is 0 Å². The molecule has 1 saturated heterocycles. The van der Waals surface area contributed by atoms with E-state index in [2.05, 4.69) is 4.72 Å². The highest BCUT2D eigenvalue weighted by molar-refractivity contribution is 7.91. The predicted molar refractivity (Wildman–Crippen MR) is 98.1 cm³/mol. The first-order chi connectivity index (χ1) is 13.0. The summed E-state index contributed by atoms with van der Waals surface area (Å²) < 4.78 is 84.1. The van der Waals surface area contributed by atoms with E-state index in [1.807, 2.05) is 0 Å². The molecule has 10 heteroatoms. The van der Waals surface area contributed by atoms with Crippen LogP contribution in [0.15, 0.2) is 46.2 Å².